The summed E-state index contributed by atoms with van der Waals surface area (Å²) in [7, 11) is 0. The molecule has 3 rings (SSSR count). The molecule has 0 radical (unpaired) electrons. The second-order valence-corrected chi connectivity index (χ2v) is 10.7. The zero-order chi connectivity index (χ0) is 20.5. The third-order valence-corrected chi connectivity index (χ3v) is 8.60. The minimum atomic E-state index is 0.0778. The lowest BCUT2D eigenvalue weighted by Crippen LogP contribution is -2.43. The van der Waals surface area contributed by atoms with Gasteiger partial charge in [-0.1, -0.05) is 71.6 Å². The summed E-state index contributed by atoms with van der Waals surface area (Å²) in [5.41, 5.74) is 0. The van der Waals surface area contributed by atoms with Gasteiger partial charge in [-0.3, -0.25) is 4.79 Å². The molecule has 0 aromatic heterocycles. The summed E-state index contributed by atoms with van der Waals surface area (Å²) in [6.45, 7) is 4.58. The van der Waals surface area contributed by atoms with Crippen molar-refractivity contribution in [1.82, 2.24) is 0 Å². The quantitative estimate of drug-likeness (QED) is 0.257. The molecule has 0 spiro atoms. The molecule has 2 nitrogen and oxygen atoms in total. The van der Waals surface area contributed by atoms with Crippen LogP contribution >= 0.6 is 0 Å². The normalized spacial score (nSPS) is 34.3. The van der Waals surface area contributed by atoms with Crippen molar-refractivity contribution in [2.75, 3.05) is 0 Å². The Balaban J connectivity index is 1.35. The maximum atomic E-state index is 12.3. The number of hydrogen-bond donors (Lipinski definition) is 0. The summed E-state index contributed by atoms with van der Waals surface area (Å²) in [5, 5.41) is 0. The second kappa shape index (κ2) is 12.4. The fraction of sp³-hybridized carbons (Fsp3) is 0.963. The smallest absolute Gasteiger partial charge is 0.306 e. The van der Waals surface area contributed by atoms with Crippen LogP contribution in [0.4, 0.5) is 0 Å². The predicted octanol–water partition coefficient (Wildman–Crippen LogP) is 8.08. The van der Waals surface area contributed by atoms with E-state index in [-0.39, 0.29) is 12.1 Å². The van der Waals surface area contributed by atoms with Gasteiger partial charge in [-0.15, -0.1) is 0 Å². The predicted molar refractivity (Wildman–Crippen MR) is 122 cm³/mol. The highest BCUT2D eigenvalue weighted by atomic mass is 16.5. The van der Waals surface area contributed by atoms with Gasteiger partial charge in [-0.05, 0) is 81.0 Å². The Hall–Kier alpha value is -0.530. The minimum absolute atomic E-state index is 0.0778. The van der Waals surface area contributed by atoms with Crippen LogP contribution in [0.1, 0.15) is 129 Å². The summed E-state index contributed by atoms with van der Waals surface area (Å²) in [5.74, 6) is 4.88. The summed E-state index contributed by atoms with van der Waals surface area (Å²) in [6, 6.07) is 0. The van der Waals surface area contributed by atoms with Gasteiger partial charge in [0.15, 0.2) is 0 Å². The van der Waals surface area contributed by atoms with E-state index in [9.17, 15) is 4.79 Å². The van der Waals surface area contributed by atoms with Gasteiger partial charge < -0.3 is 4.74 Å². The van der Waals surface area contributed by atoms with Gasteiger partial charge in [0.2, 0.25) is 0 Å². The van der Waals surface area contributed by atoms with Crippen molar-refractivity contribution in [2.24, 2.45) is 29.6 Å². The van der Waals surface area contributed by atoms with Crippen LogP contribution in [0.25, 0.3) is 0 Å². The number of carbonyl (C=O) groups excluding carboxylic acids is 1. The SMILES string of the molecule is CCCCCCCCC(=O)OC1CCC2C(CCC3CC(CCCC)CCC32)C1. The van der Waals surface area contributed by atoms with E-state index in [0.717, 1.165) is 48.9 Å². The molecular weight excluding hydrogens is 356 g/mol. The van der Waals surface area contributed by atoms with Crippen molar-refractivity contribution in [3.8, 4) is 0 Å². The molecule has 0 aromatic rings. The Bertz CT molecular complexity index is 473. The number of ether oxygens (including phenoxy) is 1. The summed E-state index contributed by atoms with van der Waals surface area (Å²) in [4.78, 5) is 12.3. The highest BCUT2D eigenvalue weighted by Gasteiger charge is 2.44. The molecule has 168 valence electrons. The molecule has 0 aliphatic heterocycles. The standard InChI is InChI=1S/C27H48O2/c1-3-5-7-8-9-10-12-27(28)29-24-16-18-26-23(20-24)15-14-22-19-21(11-6-4-2)13-17-25(22)26/h21-26H,3-20H2,1-2H3. The van der Waals surface area contributed by atoms with Crippen LogP contribution in [-0.4, -0.2) is 12.1 Å². The molecule has 0 N–H and O–H groups in total. The molecule has 3 aliphatic rings. The van der Waals surface area contributed by atoms with Crippen molar-refractivity contribution in [3.63, 3.8) is 0 Å². The second-order valence-electron chi connectivity index (χ2n) is 10.7. The first-order chi connectivity index (χ1) is 14.2. The van der Waals surface area contributed by atoms with Gasteiger partial charge in [0.1, 0.15) is 6.10 Å². The lowest BCUT2D eigenvalue weighted by Gasteiger charge is -2.50. The fourth-order valence-corrected chi connectivity index (χ4v) is 7.00. The van der Waals surface area contributed by atoms with Crippen molar-refractivity contribution in [1.29, 1.82) is 0 Å². The van der Waals surface area contributed by atoms with Crippen molar-refractivity contribution < 1.29 is 9.53 Å². The Morgan fingerprint density at radius 1 is 0.724 bits per heavy atom. The molecule has 2 heteroatoms. The summed E-state index contributed by atoms with van der Waals surface area (Å²) >= 11 is 0. The number of carbonyl (C=O) groups is 1. The van der Waals surface area contributed by atoms with Gasteiger partial charge in [0.25, 0.3) is 0 Å². The molecule has 6 unspecified atom stereocenters. The van der Waals surface area contributed by atoms with Gasteiger partial charge >= 0.3 is 5.97 Å². The van der Waals surface area contributed by atoms with Gasteiger partial charge in [0.05, 0.1) is 0 Å². The number of esters is 1. The van der Waals surface area contributed by atoms with Crippen molar-refractivity contribution in [3.05, 3.63) is 0 Å². The first kappa shape index (κ1) is 23.1. The van der Waals surface area contributed by atoms with Gasteiger partial charge in [-0.2, -0.15) is 0 Å². The summed E-state index contributed by atoms with van der Waals surface area (Å²) < 4.78 is 5.93. The zero-order valence-electron chi connectivity index (χ0n) is 19.5. The maximum Gasteiger partial charge on any atom is 0.306 e. The third-order valence-electron chi connectivity index (χ3n) is 8.60. The van der Waals surface area contributed by atoms with Crippen molar-refractivity contribution in [2.45, 2.75) is 136 Å². The Kier molecular flexibility index (Phi) is 9.86. The summed E-state index contributed by atoms with van der Waals surface area (Å²) in [6.07, 6.45) is 23.5. The maximum absolute atomic E-state index is 12.3. The first-order valence-corrected chi connectivity index (χ1v) is 13.4. The average Bonchev–Trinajstić information content (AvgIpc) is 2.74. The molecule has 29 heavy (non-hydrogen) atoms. The van der Waals surface area contributed by atoms with E-state index in [1.54, 1.807) is 0 Å². The van der Waals surface area contributed by atoms with Gasteiger partial charge in [0, 0.05) is 6.42 Å². The number of hydrogen-bond acceptors (Lipinski definition) is 2. The third kappa shape index (κ3) is 7.00. The highest BCUT2D eigenvalue weighted by molar-refractivity contribution is 5.69. The van der Waals surface area contributed by atoms with Crippen LogP contribution in [0.15, 0.2) is 0 Å². The molecular formula is C27H48O2. The molecule has 3 aliphatic carbocycles. The van der Waals surface area contributed by atoms with Crippen LogP contribution in [0.2, 0.25) is 0 Å². The van der Waals surface area contributed by atoms with Crippen LogP contribution in [0.5, 0.6) is 0 Å². The molecule has 0 saturated heterocycles. The minimum Gasteiger partial charge on any atom is -0.462 e. The van der Waals surface area contributed by atoms with E-state index >= 15 is 0 Å². The van der Waals surface area contributed by atoms with Crippen molar-refractivity contribution >= 4 is 5.97 Å². The molecule has 0 amide bonds. The van der Waals surface area contributed by atoms with Crippen LogP contribution in [0.3, 0.4) is 0 Å². The number of unbranched alkanes of at least 4 members (excludes halogenated alkanes) is 6. The van der Waals surface area contributed by atoms with E-state index in [2.05, 4.69) is 13.8 Å². The van der Waals surface area contributed by atoms with E-state index in [1.807, 2.05) is 0 Å². The molecule has 0 bridgehead atoms. The number of fused-ring (bicyclic) bond motifs is 3. The van der Waals surface area contributed by atoms with E-state index in [1.165, 1.54) is 89.9 Å². The zero-order valence-corrected chi connectivity index (χ0v) is 19.5. The molecule has 0 aromatic carbocycles. The molecule has 3 fully saturated rings. The molecule has 3 saturated carbocycles. The first-order valence-electron chi connectivity index (χ1n) is 13.4. The number of rotatable bonds is 11. The molecule has 0 heterocycles. The molecule has 6 atom stereocenters. The fourth-order valence-electron chi connectivity index (χ4n) is 7.00. The van der Waals surface area contributed by atoms with E-state index in [0.29, 0.717) is 6.42 Å². The van der Waals surface area contributed by atoms with E-state index < -0.39 is 0 Å². The largest absolute Gasteiger partial charge is 0.462 e. The Labute approximate surface area is 180 Å². The van der Waals surface area contributed by atoms with E-state index in [4.69, 9.17) is 4.74 Å². The topological polar surface area (TPSA) is 26.3 Å². The van der Waals surface area contributed by atoms with Gasteiger partial charge in [-0.25, -0.2) is 0 Å². The van der Waals surface area contributed by atoms with Crippen LogP contribution in [-0.2, 0) is 9.53 Å². The lowest BCUT2D eigenvalue weighted by molar-refractivity contribution is -0.153. The highest BCUT2D eigenvalue weighted by Crippen LogP contribution is 2.53. The Morgan fingerprint density at radius 2 is 1.38 bits per heavy atom. The average molecular weight is 405 g/mol. The Morgan fingerprint density at radius 3 is 2.14 bits per heavy atom. The lowest BCUT2D eigenvalue weighted by atomic mass is 9.56. The van der Waals surface area contributed by atoms with Crippen LogP contribution in [0, 0.1) is 29.6 Å². The monoisotopic (exact) mass is 404 g/mol. The van der Waals surface area contributed by atoms with Crippen LogP contribution < -0.4 is 0 Å².